The molecule has 4 nitrogen and oxygen atoms in total. The molecule has 0 unspecified atom stereocenters. The summed E-state index contributed by atoms with van der Waals surface area (Å²) in [6.07, 6.45) is 9.33. The first-order chi connectivity index (χ1) is 9.87. The van der Waals surface area contributed by atoms with Crippen LogP contribution in [0.3, 0.4) is 0 Å². The quantitative estimate of drug-likeness (QED) is 0.839. The van der Waals surface area contributed by atoms with Crippen LogP contribution in [-0.4, -0.2) is 56.2 Å². The molecule has 2 aliphatic carbocycles. The van der Waals surface area contributed by atoms with Gasteiger partial charge in [-0.3, -0.25) is 0 Å². The van der Waals surface area contributed by atoms with Gasteiger partial charge in [-0.15, -0.1) is 0 Å². The highest BCUT2D eigenvalue weighted by atomic mass is 32.2. The third-order valence-electron chi connectivity index (χ3n) is 5.79. The molecule has 3 aliphatic rings. The van der Waals surface area contributed by atoms with Gasteiger partial charge in [-0.05, 0) is 30.6 Å². The summed E-state index contributed by atoms with van der Waals surface area (Å²) in [6, 6.07) is 0. The van der Waals surface area contributed by atoms with Crippen LogP contribution in [0.5, 0.6) is 0 Å². The van der Waals surface area contributed by atoms with Crippen LogP contribution in [0.4, 0.5) is 0 Å². The Morgan fingerprint density at radius 1 is 1.19 bits per heavy atom. The van der Waals surface area contributed by atoms with E-state index in [0.29, 0.717) is 17.6 Å². The van der Waals surface area contributed by atoms with E-state index in [1.165, 1.54) is 31.9 Å². The van der Waals surface area contributed by atoms with Gasteiger partial charge >= 0.3 is 0 Å². The molecule has 1 heterocycles. The van der Waals surface area contributed by atoms with Gasteiger partial charge in [0.2, 0.25) is 0 Å². The van der Waals surface area contributed by atoms with E-state index in [0.717, 1.165) is 38.9 Å². The van der Waals surface area contributed by atoms with E-state index < -0.39 is 9.84 Å². The molecule has 1 N–H and O–H groups in total. The van der Waals surface area contributed by atoms with Crippen molar-refractivity contribution in [2.75, 3.05) is 31.6 Å². The molecule has 0 aromatic rings. The molecule has 3 rings (SSSR count). The number of likely N-dealkylation sites (tertiary alicyclic amines) is 1. The Bertz CT molecular complexity index is 466. The van der Waals surface area contributed by atoms with Gasteiger partial charge in [0.05, 0.1) is 11.9 Å². The van der Waals surface area contributed by atoms with Gasteiger partial charge in [-0.1, -0.05) is 25.7 Å². The maximum Gasteiger partial charge on any atom is 0.148 e. The average molecular weight is 315 g/mol. The van der Waals surface area contributed by atoms with Crippen LogP contribution in [0.25, 0.3) is 0 Å². The number of piperidine rings is 1. The summed E-state index contributed by atoms with van der Waals surface area (Å²) in [6.45, 7) is 2.81. The van der Waals surface area contributed by atoms with Crippen molar-refractivity contribution in [2.45, 2.75) is 51.0 Å². The maximum atomic E-state index is 11.6. The van der Waals surface area contributed by atoms with Crippen molar-refractivity contribution in [1.82, 2.24) is 4.90 Å². The number of hydrogen-bond acceptors (Lipinski definition) is 4. The van der Waals surface area contributed by atoms with E-state index in [-0.39, 0.29) is 11.5 Å². The Morgan fingerprint density at radius 2 is 1.86 bits per heavy atom. The molecule has 2 atom stereocenters. The van der Waals surface area contributed by atoms with Crippen LogP contribution < -0.4 is 0 Å². The Morgan fingerprint density at radius 3 is 2.43 bits per heavy atom. The number of sulfone groups is 1. The second-order valence-electron chi connectivity index (χ2n) is 7.87. The summed E-state index contributed by atoms with van der Waals surface area (Å²) in [7, 11) is -2.89. The normalized spacial score (nSPS) is 34.2. The lowest BCUT2D eigenvalue weighted by Crippen LogP contribution is -2.48. The van der Waals surface area contributed by atoms with E-state index in [2.05, 4.69) is 4.90 Å². The largest absolute Gasteiger partial charge is 0.393 e. The lowest BCUT2D eigenvalue weighted by Gasteiger charge is -2.40. The van der Waals surface area contributed by atoms with Crippen molar-refractivity contribution in [3.8, 4) is 0 Å². The number of aliphatic hydroxyl groups excluding tert-OH is 1. The fourth-order valence-electron chi connectivity index (χ4n) is 4.59. The van der Waals surface area contributed by atoms with E-state index in [9.17, 15) is 13.5 Å². The minimum Gasteiger partial charge on any atom is -0.393 e. The molecule has 2 saturated carbocycles. The fraction of sp³-hybridized carbons (Fsp3) is 1.00. The third kappa shape index (κ3) is 3.99. The Balaban J connectivity index is 1.59. The summed E-state index contributed by atoms with van der Waals surface area (Å²) in [5, 5.41) is 10.3. The van der Waals surface area contributed by atoms with Crippen molar-refractivity contribution in [3.05, 3.63) is 0 Å². The summed E-state index contributed by atoms with van der Waals surface area (Å²) in [4.78, 5) is 2.44. The number of aliphatic hydroxyl groups is 1. The van der Waals surface area contributed by atoms with E-state index in [1.54, 1.807) is 0 Å². The molecule has 0 spiro atoms. The molecule has 0 aromatic heterocycles. The SMILES string of the molecule is CS(=O)(=O)CC1(CN2CC[C@@H](O)[C@H](C3CCCC3)C2)CC1. The van der Waals surface area contributed by atoms with Crippen LogP contribution in [0.2, 0.25) is 0 Å². The van der Waals surface area contributed by atoms with Gasteiger partial charge in [-0.25, -0.2) is 8.42 Å². The predicted octanol–water partition coefficient (Wildman–Crippen LogP) is 1.68. The van der Waals surface area contributed by atoms with Crippen molar-refractivity contribution in [3.63, 3.8) is 0 Å². The van der Waals surface area contributed by atoms with Crippen LogP contribution in [-0.2, 0) is 9.84 Å². The Kier molecular flexibility index (Phi) is 4.37. The van der Waals surface area contributed by atoms with E-state index in [1.807, 2.05) is 0 Å². The molecule has 3 fully saturated rings. The Hall–Kier alpha value is -0.130. The summed E-state index contributed by atoms with van der Waals surface area (Å²) >= 11 is 0. The predicted molar refractivity (Wildman–Crippen MR) is 83.9 cm³/mol. The molecule has 0 bridgehead atoms. The lowest BCUT2D eigenvalue weighted by molar-refractivity contribution is -0.00512. The van der Waals surface area contributed by atoms with Gasteiger partial charge in [0.25, 0.3) is 0 Å². The zero-order chi connectivity index (χ0) is 15.1. The van der Waals surface area contributed by atoms with Gasteiger partial charge in [0, 0.05) is 31.8 Å². The van der Waals surface area contributed by atoms with Crippen molar-refractivity contribution in [2.24, 2.45) is 17.3 Å². The molecule has 21 heavy (non-hydrogen) atoms. The fourth-order valence-corrected chi connectivity index (χ4v) is 6.08. The van der Waals surface area contributed by atoms with Crippen molar-refractivity contribution < 1.29 is 13.5 Å². The molecule has 0 radical (unpaired) electrons. The minimum atomic E-state index is -2.89. The second kappa shape index (κ2) is 5.82. The first-order valence-electron chi connectivity index (χ1n) is 8.45. The lowest BCUT2D eigenvalue weighted by atomic mass is 9.82. The van der Waals surface area contributed by atoms with Crippen LogP contribution in [0.15, 0.2) is 0 Å². The van der Waals surface area contributed by atoms with Gasteiger partial charge in [-0.2, -0.15) is 0 Å². The molecule has 122 valence electrons. The highest BCUT2D eigenvalue weighted by molar-refractivity contribution is 7.90. The molecule has 0 aromatic carbocycles. The first-order valence-corrected chi connectivity index (χ1v) is 10.5. The molecular weight excluding hydrogens is 286 g/mol. The number of nitrogens with zero attached hydrogens (tertiary/aromatic N) is 1. The third-order valence-corrected chi connectivity index (χ3v) is 6.93. The molecule has 0 amide bonds. The minimum absolute atomic E-state index is 0.0239. The zero-order valence-electron chi connectivity index (χ0n) is 13.1. The summed E-state index contributed by atoms with van der Waals surface area (Å²) in [5.74, 6) is 1.44. The van der Waals surface area contributed by atoms with Gasteiger partial charge in [0.15, 0.2) is 0 Å². The smallest absolute Gasteiger partial charge is 0.148 e. The van der Waals surface area contributed by atoms with Crippen molar-refractivity contribution >= 4 is 9.84 Å². The Labute approximate surface area is 128 Å². The average Bonchev–Trinajstić information content (AvgIpc) is 2.91. The van der Waals surface area contributed by atoms with Gasteiger partial charge < -0.3 is 10.0 Å². The highest BCUT2D eigenvalue weighted by Crippen LogP contribution is 2.48. The molecule has 1 aliphatic heterocycles. The summed E-state index contributed by atoms with van der Waals surface area (Å²) in [5.41, 5.74) is 0.0239. The van der Waals surface area contributed by atoms with E-state index in [4.69, 9.17) is 0 Å². The standard InChI is InChI=1S/C16H29NO3S/c1-21(19,20)12-16(7-8-16)11-17-9-6-15(18)14(10-17)13-4-2-3-5-13/h13-15,18H,2-12H2,1H3/t14-,15+/m0/s1. The van der Waals surface area contributed by atoms with Crippen LogP contribution >= 0.6 is 0 Å². The number of rotatable bonds is 5. The summed E-state index contributed by atoms with van der Waals surface area (Å²) < 4.78 is 23.2. The highest BCUT2D eigenvalue weighted by Gasteiger charge is 2.47. The molecule has 5 heteroatoms. The molecule has 1 saturated heterocycles. The topological polar surface area (TPSA) is 57.6 Å². The van der Waals surface area contributed by atoms with E-state index >= 15 is 0 Å². The number of hydrogen-bond donors (Lipinski definition) is 1. The van der Waals surface area contributed by atoms with Gasteiger partial charge in [0.1, 0.15) is 9.84 Å². The monoisotopic (exact) mass is 315 g/mol. The van der Waals surface area contributed by atoms with Crippen molar-refractivity contribution in [1.29, 1.82) is 0 Å². The zero-order valence-corrected chi connectivity index (χ0v) is 13.9. The molecular formula is C16H29NO3S. The second-order valence-corrected chi connectivity index (χ2v) is 10.0. The van der Waals surface area contributed by atoms with Crippen LogP contribution in [0.1, 0.15) is 44.9 Å². The first kappa shape index (κ1) is 15.8. The van der Waals surface area contributed by atoms with Crippen LogP contribution in [0, 0.1) is 17.3 Å². The maximum absolute atomic E-state index is 11.6.